The zero-order valence-electron chi connectivity index (χ0n) is 9.71. The van der Waals surface area contributed by atoms with Crippen molar-refractivity contribution in [3.05, 3.63) is 44.8 Å². The summed E-state index contributed by atoms with van der Waals surface area (Å²) in [6.07, 6.45) is 0.911. The van der Waals surface area contributed by atoms with E-state index in [9.17, 15) is 14.5 Å². The summed E-state index contributed by atoms with van der Waals surface area (Å²) in [6.45, 7) is 0. The van der Waals surface area contributed by atoms with Crippen LogP contribution in [0.15, 0.2) is 28.9 Å². The molecule has 0 spiro atoms. The molecule has 2 aromatic rings. The molecule has 0 radical (unpaired) electrons. The number of hydrogen-bond donors (Lipinski definition) is 2. The number of hydrogen-bond acceptors (Lipinski definition) is 7. The van der Waals surface area contributed by atoms with E-state index in [0.29, 0.717) is 4.47 Å². The van der Waals surface area contributed by atoms with Crippen LogP contribution in [0, 0.1) is 15.9 Å². The van der Waals surface area contributed by atoms with Crippen LogP contribution in [0.1, 0.15) is 0 Å². The van der Waals surface area contributed by atoms with Gasteiger partial charge in [0.25, 0.3) is 0 Å². The highest BCUT2D eigenvalue weighted by Gasteiger charge is 2.20. The lowest BCUT2D eigenvalue weighted by molar-refractivity contribution is -0.386. The maximum absolute atomic E-state index is 13.6. The lowest BCUT2D eigenvalue weighted by atomic mass is 10.3. The van der Waals surface area contributed by atoms with Gasteiger partial charge in [-0.25, -0.2) is 15.2 Å². The molecule has 3 N–H and O–H groups in total. The number of rotatable bonds is 4. The Morgan fingerprint density at radius 3 is 2.85 bits per heavy atom. The molecule has 0 saturated carbocycles. The third-order valence-electron chi connectivity index (χ3n) is 2.16. The Kier molecular flexibility index (Phi) is 4.05. The summed E-state index contributed by atoms with van der Waals surface area (Å²) >= 11 is 3.09. The van der Waals surface area contributed by atoms with Crippen molar-refractivity contribution in [1.82, 2.24) is 9.97 Å². The molecule has 1 aromatic carbocycles. The van der Waals surface area contributed by atoms with Crippen molar-refractivity contribution in [3.8, 4) is 11.6 Å². The molecule has 0 fully saturated rings. The minimum Gasteiger partial charge on any atom is -0.430 e. The number of nitrogens with one attached hydrogen (secondary N) is 1. The zero-order chi connectivity index (χ0) is 14.7. The van der Waals surface area contributed by atoms with E-state index in [-0.39, 0.29) is 11.7 Å². The molecule has 0 saturated heterocycles. The monoisotopic (exact) mass is 343 g/mol. The van der Waals surface area contributed by atoms with Gasteiger partial charge in [0, 0.05) is 4.47 Å². The molecule has 0 amide bonds. The molecule has 20 heavy (non-hydrogen) atoms. The van der Waals surface area contributed by atoms with E-state index in [0.717, 1.165) is 12.3 Å². The SMILES string of the molecule is NNc1ncc([N+](=O)[O-])c(Oc2ccc(Br)cc2F)n1. The summed E-state index contributed by atoms with van der Waals surface area (Å²) in [4.78, 5) is 17.4. The van der Waals surface area contributed by atoms with Gasteiger partial charge in [0.1, 0.15) is 6.20 Å². The second-order valence-electron chi connectivity index (χ2n) is 3.46. The van der Waals surface area contributed by atoms with Crippen molar-refractivity contribution in [2.24, 2.45) is 5.84 Å². The van der Waals surface area contributed by atoms with Crippen LogP contribution in [0.2, 0.25) is 0 Å². The van der Waals surface area contributed by atoms with Gasteiger partial charge < -0.3 is 4.74 Å². The Hall–Kier alpha value is -2.33. The first-order chi connectivity index (χ1) is 9.51. The predicted molar refractivity (Wildman–Crippen MR) is 70.7 cm³/mol. The molecule has 0 bridgehead atoms. The van der Waals surface area contributed by atoms with Crippen LogP contribution in [0.25, 0.3) is 0 Å². The lowest BCUT2D eigenvalue weighted by Gasteiger charge is -2.07. The molecule has 0 unspecified atom stereocenters. The van der Waals surface area contributed by atoms with E-state index < -0.39 is 22.3 Å². The van der Waals surface area contributed by atoms with Gasteiger partial charge in [0.05, 0.1) is 4.92 Å². The molecule has 2 rings (SSSR count). The largest absolute Gasteiger partial charge is 0.430 e. The van der Waals surface area contributed by atoms with Crippen molar-refractivity contribution in [1.29, 1.82) is 0 Å². The van der Waals surface area contributed by atoms with Crippen molar-refractivity contribution >= 4 is 27.6 Å². The molecular formula is C10H7BrFN5O3. The van der Waals surface area contributed by atoms with Crippen LogP contribution in [0.4, 0.5) is 16.0 Å². The molecule has 0 atom stereocenters. The first-order valence-corrected chi connectivity index (χ1v) is 5.91. The smallest absolute Gasteiger partial charge is 0.349 e. The summed E-state index contributed by atoms with van der Waals surface area (Å²) in [5.74, 6) is 3.69. The van der Waals surface area contributed by atoms with Gasteiger partial charge in [-0.3, -0.25) is 15.5 Å². The van der Waals surface area contributed by atoms with Gasteiger partial charge in [-0.05, 0) is 18.2 Å². The third kappa shape index (κ3) is 2.97. The van der Waals surface area contributed by atoms with Crippen molar-refractivity contribution in [2.75, 3.05) is 5.43 Å². The highest BCUT2D eigenvalue weighted by Crippen LogP contribution is 2.31. The Morgan fingerprint density at radius 1 is 1.50 bits per heavy atom. The Balaban J connectivity index is 2.43. The number of nitro groups is 1. The van der Waals surface area contributed by atoms with Crippen LogP contribution in [0.3, 0.4) is 0 Å². The minimum absolute atomic E-state index is 0.0943. The number of halogens is 2. The average Bonchev–Trinajstić information content (AvgIpc) is 2.41. The van der Waals surface area contributed by atoms with E-state index in [2.05, 4.69) is 31.3 Å². The fraction of sp³-hybridized carbons (Fsp3) is 0. The van der Waals surface area contributed by atoms with Crippen LogP contribution in [-0.4, -0.2) is 14.9 Å². The molecule has 8 nitrogen and oxygen atoms in total. The van der Waals surface area contributed by atoms with Crippen LogP contribution < -0.4 is 16.0 Å². The minimum atomic E-state index is -0.744. The van der Waals surface area contributed by atoms with Gasteiger partial charge >= 0.3 is 11.6 Å². The van der Waals surface area contributed by atoms with Crippen LogP contribution in [0.5, 0.6) is 11.6 Å². The highest BCUT2D eigenvalue weighted by atomic mass is 79.9. The van der Waals surface area contributed by atoms with Crippen molar-refractivity contribution < 1.29 is 14.1 Å². The quantitative estimate of drug-likeness (QED) is 0.497. The Labute approximate surface area is 120 Å². The number of ether oxygens (including phenoxy) is 1. The summed E-state index contributed by atoms with van der Waals surface area (Å²) in [5.41, 5.74) is 1.61. The molecule has 1 heterocycles. The first kappa shape index (κ1) is 14.1. The maximum Gasteiger partial charge on any atom is 0.349 e. The average molecular weight is 344 g/mol. The van der Waals surface area contributed by atoms with Gasteiger partial charge in [0.2, 0.25) is 5.95 Å². The highest BCUT2D eigenvalue weighted by molar-refractivity contribution is 9.10. The topological polar surface area (TPSA) is 116 Å². The fourth-order valence-corrected chi connectivity index (χ4v) is 1.62. The predicted octanol–water partition coefficient (Wildman–Crippen LogP) is 2.36. The van der Waals surface area contributed by atoms with Crippen molar-refractivity contribution in [3.63, 3.8) is 0 Å². The summed E-state index contributed by atoms with van der Waals surface area (Å²) in [7, 11) is 0. The molecule has 104 valence electrons. The molecule has 0 aliphatic carbocycles. The number of nitrogens with zero attached hydrogens (tertiary/aromatic N) is 3. The van der Waals surface area contributed by atoms with E-state index >= 15 is 0 Å². The lowest BCUT2D eigenvalue weighted by Crippen LogP contribution is -2.11. The van der Waals surface area contributed by atoms with Gasteiger partial charge in [0.15, 0.2) is 11.6 Å². The van der Waals surface area contributed by atoms with Gasteiger partial charge in [-0.2, -0.15) is 4.98 Å². The molecule has 1 aromatic heterocycles. The Bertz CT molecular complexity index is 669. The maximum atomic E-state index is 13.6. The number of anilines is 1. The fourth-order valence-electron chi connectivity index (χ4n) is 1.29. The molecule has 0 aliphatic heterocycles. The standard InChI is InChI=1S/C10H7BrFN5O3/c11-5-1-2-8(6(12)3-5)20-9-7(17(18)19)4-14-10(15-9)16-13/h1-4H,13H2,(H,14,15,16). The molecule has 0 aliphatic rings. The second-order valence-corrected chi connectivity index (χ2v) is 4.38. The van der Waals surface area contributed by atoms with Gasteiger partial charge in [-0.15, -0.1) is 0 Å². The number of aromatic nitrogens is 2. The van der Waals surface area contributed by atoms with E-state index in [1.165, 1.54) is 12.1 Å². The van der Waals surface area contributed by atoms with E-state index in [1.807, 2.05) is 0 Å². The van der Waals surface area contributed by atoms with E-state index in [1.54, 1.807) is 0 Å². The molecular weight excluding hydrogens is 337 g/mol. The van der Waals surface area contributed by atoms with Crippen molar-refractivity contribution in [2.45, 2.75) is 0 Å². The van der Waals surface area contributed by atoms with Crippen LogP contribution in [-0.2, 0) is 0 Å². The Morgan fingerprint density at radius 2 is 2.25 bits per heavy atom. The number of hydrazine groups is 1. The number of nitrogen functional groups attached to an aromatic ring is 1. The molecule has 10 heteroatoms. The van der Waals surface area contributed by atoms with Crippen LogP contribution >= 0.6 is 15.9 Å². The zero-order valence-corrected chi connectivity index (χ0v) is 11.3. The summed E-state index contributed by atoms with van der Waals surface area (Å²) < 4.78 is 19.3. The number of nitrogens with two attached hydrogens (primary N) is 1. The summed E-state index contributed by atoms with van der Waals surface area (Å²) in [6, 6.07) is 3.98. The van der Waals surface area contributed by atoms with Gasteiger partial charge in [-0.1, -0.05) is 15.9 Å². The van der Waals surface area contributed by atoms with E-state index in [4.69, 9.17) is 10.6 Å². The third-order valence-corrected chi connectivity index (χ3v) is 2.66. The summed E-state index contributed by atoms with van der Waals surface area (Å²) in [5, 5.41) is 10.8. The first-order valence-electron chi connectivity index (χ1n) is 5.12. The number of benzene rings is 1. The normalized spacial score (nSPS) is 10.2. The second kappa shape index (κ2) is 5.75.